The molecule has 0 amide bonds. The molecule has 0 aromatic carbocycles. The van der Waals surface area contributed by atoms with Crippen LogP contribution in [0.5, 0.6) is 0 Å². The maximum Gasteiger partial charge on any atom is 2.00 e. The summed E-state index contributed by atoms with van der Waals surface area (Å²) < 4.78 is 0. The Morgan fingerprint density at radius 3 is 0.514 bits per heavy atom. The van der Waals surface area contributed by atoms with Gasteiger partial charge in [0.1, 0.15) is 0 Å². The molecule has 0 saturated carbocycles. The van der Waals surface area contributed by atoms with Crippen LogP contribution >= 0.6 is 0 Å². The Balaban J connectivity index is 0.000000152. The quantitative estimate of drug-likeness (QED) is 0.213. The third-order valence-corrected chi connectivity index (χ3v) is 4.78. The number of aromatic nitrogens is 6. The Kier molecular flexibility index (Phi) is 11.7. The summed E-state index contributed by atoms with van der Waals surface area (Å²) in [6, 6.07) is 34.8. The van der Waals surface area contributed by atoms with E-state index in [1.165, 1.54) is 0 Å². The van der Waals surface area contributed by atoms with E-state index in [0.717, 1.165) is 34.2 Å². The first-order valence-electron chi connectivity index (χ1n) is 11.4. The minimum Gasteiger partial charge on any atom is -0.255 e. The van der Waals surface area contributed by atoms with Crippen molar-refractivity contribution in [2.45, 2.75) is 0 Å². The molecule has 6 aromatic heterocycles. The van der Waals surface area contributed by atoms with Gasteiger partial charge >= 0.3 is 27.3 Å². The van der Waals surface area contributed by atoms with Crippen LogP contribution in [-0.2, 0) is 0 Å². The Bertz CT molecular complexity index is 1100. The first-order chi connectivity index (χ1) is 17.9. The molecule has 6 nitrogen and oxygen atoms in total. The van der Waals surface area contributed by atoms with Gasteiger partial charge in [-0.1, -0.05) is 36.4 Å². The van der Waals surface area contributed by atoms with Crippen LogP contribution in [0.4, 0.5) is 0 Å². The molecule has 2 radical (unpaired) electrons. The van der Waals surface area contributed by atoms with Gasteiger partial charge < -0.3 is 0 Å². The van der Waals surface area contributed by atoms with Gasteiger partial charge in [-0.2, -0.15) is 0 Å². The molecule has 6 rings (SSSR count). The number of hydrogen-bond acceptors (Lipinski definition) is 6. The summed E-state index contributed by atoms with van der Waals surface area (Å²) in [5, 5.41) is 0. The molecule has 0 fully saturated rings. The van der Waals surface area contributed by atoms with Gasteiger partial charge in [-0.15, -0.1) is 0 Å². The zero-order valence-corrected chi connectivity index (χ0v) is 23.9. The summed E-state index contributed by atoms with van der Waals surface area (Å²) in [4.78, 5) is 25.1. The van der Waals surface area contributed by atoms with Gasteiger partial charge in [-0.05, 0) is 72.8 Å². The standard InChI is InChI=1S/3C10H8N2.Pb/c3*1-3-7-11-9(5-1)10-6-2-4-8-12-10;/h3*1-8H;/q;;;+2. The molecule has 0 spiro atoms. The zero-order valence-electron chi connectivity index (χ0n) is 20.0. The van der Waals surface area contributed by atoms with E-state index in [0.29, 0.717) is 0 Å². The van der Waals surface area contributed by atoms with E-state index >= 15 is 0 Å². The fourth-order valence-corrected chi connectivity index (χ4v) is 3.09. The van der Waals surface area contributed by atoms with Crippen molar-refractivity contribution in [3.8, 4) is 34.2 Å². The topological polar surface area (TPSA) is 77.3 Å². The van der Waals surface area contributed by atoms with E-state index in [1.807, 2.05) is 109 Å². The SMILES string of the molecule is [Pb+2].c1ccc(-c2ccccn2)nc1.c1ccc(-c2ccccn2)nc1.c1ccc(-c2ccccn2)nc1. The number of hydrogen-bond donors (Lipinski definition) is 0. The average Bonchev–Trinajstić information content (AvgIpc) is 3.01. The molecule has 0 bridgehead atoms. The Labute approximate surface area is 236 Å². The van der Waals surface area contributed by atoms with Crippen molar-refractivity contribution in [2.75, 3.05) is 0 Å². The summed E-state index contributed by atoms with van der Waals surface area (Å²) in [5.74, 6) is 0. The van der Waals surface area contributed by atoms with Crippen LogP contribution in [0.1, 0.15) is 0 Å². The fraction of sp³-hybridized carbons (Fsp3) is 0. The fourth-order valence-electron chi connectivity index (χ4n) is 3.09. The normalized spacial score (nSPS) is 9.41. The number of pyridine rings is 6. The Morgan fingerprint density at radius 2 is 0.405 bits per heavy atom. The molecular weight excluding hydrogens is 652 g/mol. The van der Waals surface area contributed by atoms with Crippen LogP contribution in [-0.4, -0.2) is 57.2 Å². The van der Waals surface area contributed by atoms with Crippen LogP contribution < -0.4 is 0 Å². The van der Waals surface area contributed by atoms with Crippen molar-refractivity contribution in [3.63, 3.8) is 0 Å². The summed E-state index contributed by atoms with van der Waals surface area (Å²) in [6.45, 7) is 0. The molecule has 37 heavy (non-hydrogen) atoms. The van der Waals surface area contributed by atoms with Gasteiger partial charge in [-0.25, -0.2) is 0 Å². The van der Waals surface area contributed by atoms with Crippen molar-refractivity contribution in [3.05, 3.63) is 146 Å². The predicted octanol–water partition coefficient (Wildman–Crippen LogP) is 6.05. The minimum atomic E-state index is 0. The molecule has 0 aliphatic carbocycles. The van der Waals surface area contributed by atoms with Crippen molar-refractivity contribution < 1.29 is 0 Å². The van der Waals surface area contributed by atoms with Gasteiger partial charge in [0, 0.05) is 37.2 Å². The second kappa shape index (κ2) is 15.7. The van der Waals surface area contributed by atoms with Gasteiger partial charge in [0.2, 0.25) is 0 Å². The molecule has 0 N–H and O–H groups in total. The molecule has 0 aliphatic rings. The largest absolute Gasteiger partial charge is 2.00 e. The molecular formula is C30H24N6Pb+2. The van der Waals surface area contributed by atoms with Crippen molar-refractivity contribution in [1.29, 1.82) is 0 Å². The number of nitrogens with zero attached hydrogens (tertiary/aromatic N) is 6. The van der Waals surface area contributed by atoms with E-state index in [-0.39, 0.29) is 27.3 Å². The van der Waals surface area contributed by atoms with Gasteiger partial charge in [0.15, 0.2) is 0 Å². The summed E-state index contributed by atoms with van der Waals surface area (Å²) in [5.41, 5.74) is 5.49. The summed E-state index contributed by atoms with van der Waals surface area (Å²) >= 11 is 0. The summed E-state index contributed by atoms with van der Waals surface area (Å²) in [7, 11) is 0. The molecule has 0 aliphatic heterocycles. The molecule has 6 heterocycles. The maximum absolute atomic E-state index is 4.19. The second-order valence-electron chi connectivity index (χ2n) is 7.29. The predicted molar refractivity (Wildman–Crippen MR) is 148 cm³/mol. The first kappa shape index (κ1) is 27.4. The van der Waals surface area contributed by atoms with Crippen LogP contribution in [0.25, 0.3) is 34.2 Å². The zero-order chi connectivity index (χ0) is 24.7. The Morgan fingerprint density at radius 1 is 0.243 bits per heavy atom. The third kappa shape index (κ3) is 9.08. The number of rotatable bonds is 3. The van der Waals surface area contributed by atoms with Crippen molar-refractivity contribution >= 4 is 27.3 Å². The van der Waals surface area contributed by atoms with Crippen molar-refractivity contribution in [2.24, 2.45) is 0 Å². The first-order valence-corrected chi connectivity index (χ1v) is 11.4. The third-order valence-electron chi connectivity index (χ3n) is 4.78. The Hall–Kier alpha value is -4.18. The molecule has 0 saturated heterocycles. The van der Waals surface area contributed by atoms with Gasteiger partial charge in [-0.3, -0.25) is 29.9 Å². The van der Waals surface area contributed by atoms with E-state index < -0.39 is 0 Å². The maximum atomic E-state index is 4.19. The van der Waals surface area contributed by atoms with Crippen LogP contribution in [0.2, 0.25) is 0 Å². The van der Waals surface area contributed by atoms with Crippen LogP contribution in [0, 0.1) is 0 Å². The van der Waals surface area contributed by atoms with Crippen LogP contribution in [0.15, 0.2) is 146 Å². The van der Waals surface area contributed by atoms with E-state index in [2.05, 4.69) is 29.9 Å². The minimum absolute atomic E-state index is 0. The van der Waals surface area contributed by atoms with E-state index in [9.17, 15) is 0 Å². The molecule has 0 unspecified atom stereocenters. The van der Waals surface area contributed by atoms with Gasteiger partial charge in [0.05, 0.1) is 34.2 Å². The van der Waals surface area contributed by atoms with Gasteiger partial charge in [0.25, 0.3) is 0 Å². The van der Waals surface area contributed by atoms with E-state index in [1.54, 1.807) is 37.2 Å². The van der Waals surface area contributed by atoms with Crippen molar-refractivity contribution in [1.82, 2.24) is 29.9 Å². The second-order valence-corrected chi connectivity index (χ2v) is 7.29. The monoisotopic (exact) mass is 676 g/mol. The van der Waals surface area contributed by atoms with E-state index in [4.69, 9.17) is 0 Å². The summed E-state index contributed by atoms with van der Waals surface area (Å²) in [6.07, 6.45) is 10.6. The molecule has 0 atom stereocenters. The van der Waals surface area contributed by atoms with Crippen LogP contribution in [0.3, 0.4) is 0 Å². The molecule has 7 heteroatoms. The molecule has 6 aromatic rings. The average molecular weight is 676 g/mol. The smallest absolute Gasteiger partial charge is 0.255 e. The molecule has 176 valence electrons.